The van der Waals surface area contributed by atoms with Crippen molar-refractivity contribution in [2.45, 2.75) is 50.3 Å². The predicted octanol–water partition coefficient (Wildman–Crippen LogP) is 2.50. The third-order valence-corrected chi connectivity index (χ3v) is 6.12. The second kappa shape index (κ2) is 6.85. The first-order valence-corrected chi connectivity index (χ1v) is 8.88. The molecular formula is C12H22BrN3O2S. The van der Waals surface area contributed by atoms with Gasteiger partial charge in [0.2, 0.25) is 10.0 Å². The van der Waals surface area contributed by atoms with Gasteiger partial charge in [-0.3, -0.25) is 5.10 Å². The summed E-state index contributed by atoms with van der Waals surface area (Å²) in [7, 11) is -3.50. The third kappa shape index (κ3) is 4.03. The van der Waals surface area contributed by atoms with Gasteiger partial charge >= 0.3 is 0 Å². The van der Waals surface area contributed by atoms with Crippen LogP contribution in [0.1, 0.15) is 38.1 Å². The number of H-pyrrole nitrogens is 1. The van der Waals surface area contributed by atoms with Gasteiger partial charge < -0.3 is 0 Å². The van der Waals surface area contributed by atoms with Crippen molar-refractivity contribution in [2.75, 3.05) is 6.54 Å². The molecule has 1 rings (SSSR count). The van der Waals surface area contributed by atoms with E-state index >= 15 is 0 Å². The summed E-state index contributed by atoms with van der Waals surface area (Å²) in [6.07, 6.45) is 2.05. The molecule has 0 saturated heterocycles. The number of hydrogen-bond donors (Lipinski definition) is 2. The predicted molar refractivity (Wildman–Crippen MR) is 80.0 cm³/mol. The summed E-state index contributed by atoms with van der Waals surface area (Å²) in [5.41, 5.74) is 1.07. The molecule has 0 bridgehead atoms. The second-order valence-electron chi connectivity index (χ2n) is 4.71. The summed E-state index contributed by atoms with van der Waals surface area (Å²) in [4.78, 5) is 0.404. The Kier molecular flexibility index (Phi) is 6.01. The number of rotatable bonds is 7. The molecule has 1 atom stereocenters. The maximum absolute atomic E-state index is 12.2. The zero-order chi connectivity index (χ0) is 14.6. The van der Waals surface area contributed by atoms with Gasteiger partial charge in [-0.15, -0.1) is 0 Å². The number of alkyl halides is 1. The number of aromatic nitrogens is 2. The van der Waals surface area contributed by atoms with Gasteiger partial charge in [0.15, 0.2) is 0 Å². The van der Waals surface area contributed by atoms with Gasteiger partial charge in [0.1, 0.15) is 4.90 Å². The Morgan fingerprint density at radius 1 is 1.32 bits per heavy atom. The molecule has 0 spiro atoms. The van der Waals surface area contributed by atoms with Crippen LogP contribution in [0.15, 0.2) is 4.90 Å². The van der Waals surface area contributed by atoms with E-state index in [9.17, 15) is 8.42 Å². The molecule has 1 heterocycles. The molecule has 2 N–H and O–H groups in total. The van der Waals surface area contributed by atoms with Crippen LogP contribution in [0.25, 0.3) is 0 Å². The lowest BCUT2D eigenvalue weighted by Gasteiger charge is -2.19. The fourth-order valence-electron chi connectivity index (χ4n) is 2.16. The molecule has 1 unspecified atom stereocenters. The Morgan fingerprint density at radius 3 is 2.32 bits per heavy atom. The molecule has 1 aromatic heterocycles. The fraction of sp³-hybridized carbons (Fsp3) is 0.750. The molecule has 0 aromatic carbocycles. The number of aryl methyl sites for hydroxylation is 2. The number of sulfonamides is 1. The van der Waals surface area contributed by atoms with Crippen LogP contribution in [-0.2, 0) is 10.0 Å². The maximum atomic E-state index is 12.2. The first kappa shape index (κ1) is 16.7. The Labute approximate surface area is 123 Å². The summed E-state index contributed by atoms with van der Waals surface area (Å²) in [5, 5.41) is 6.62. The third-order valence-electron chi connectivity index (χ3n) is 3.36. The lowest BCUT2D eigenvalue weighted by molar-refractivity contribution is 0.471. The minimum atomic E-state index is -3.50. The molecule has 0 fully saturated rings. The molecule has 0 amide bonds. The zero-order valence-electron chi connectivity index (χ0n) is 11.8. The van der Waals surface area contributed by atoms with Crippen molar-refractivity contribution < 1.29 is 8.42 Å². The largest absolute Gasteiger partial charge is 0.281 e. The van der Waals surface area contributed by atoms with E-state index in [0.717, 1.165) is 12.8 Å². The van der Waals surface area contributed by atoms with Crippen molar-refractivity contribution >= 4 is 26.0 Å². The van der Waals surface area contributed by atoms with Crippen LogP contribution in [0.2, 0.25) is 0 Å². The normalized spacial score (nSPS) is 14.0. The summed E-state index contributed by atoms with van der Waals surface area (Å²) >= 11 is 3.57. The standard InChI is InChI=1S/C12H22BrN3O2S/c1-5-10(6-2)11(13)7-14-19(17,18)12-8(3)15-16-9(12)4/h10-11,14H,5-7H2,1-4H3,(H,15,16). The Morgan fingerprint density at radius 2 is 1.89 bits per heavy atom. The summed E-state index contributed by atoms with van der Waals surface area (Å²) in [6.45, 7) is 8.01. The molecule has 110 valence electrons. The van der Waals surface area contributed by atoms with Crippen LogP contribution in [0, 0.1) is 19.8 Å². The zero-order valence-corrected chi connectivity index (χ0v) is 14.2. The van der Waals surface area contributed by atoms with Crippen LogP contribution in [-0.4, -0.2) is 30.0 Å². The van der Waals surface area contributed by atoms with Crippen molar-refractivity contribution in [3.63, 3.8) is 0 Å². The van der Waals surface area contributed by atoms with E-state index in [1.54, 1.807) is 13.8 Å². The molecule has 19 heavy (non-hydrogen) atoms. The Bertz CT molecular complexity index is 490. The van der Waals surface area contributed by atoms with E-state index in [0.29, 0.717) is 23.9 Å². The first-order valence-electron chi connectivity index (χ1n) is 6.48. The molecule has 0 aliphatic carbocycles. The van der Waals surface area contributed by atoms with Crippen molar-refractivity contribution in [1.82, 2.24) is 14.9 Å². The van der Waals surface area contributed by atoms with Crippen LogP contribution in [0.4, 0.5) is 0 Å². The molecular weight excluding hydrogens is 330 g/mol. The average molecular weight is 352 g/mol. The second-order valence-corrected chi connectivity index (χ2v) is 7.59. The molecule has 0 aliphatic rings. The highest BCUT2D eigenvalue weighted by Gasteiger charge is 2.24. The van der Waals surface area contributed by atoms with E-state index in [4.69, 9.17) is 0 Å². The van der Waals surface area contributed by atoms with Gasteiger partial charge in [-0.1, -0.05) is 42.6 Å². The van der Waals surface area contributed by atoms with Crippen molar-refractivity contribution in [3.05, 3.63) is 11.4 Å². The van der Waals surface area contributed by atoms with E-state index in [1.807, 2.05) is 0 Å². The number of nitrogens with one attached hydrogen (secondary N) is 2. The lowest BCUT2D eigenvalue weighted by atomic mass is 10.00. The maximum Gasteiger partial charge on any atom is 0.244 e. The highest BCUT2D eigenvalue weighted by Crippen LogP contribution is 2.21. The minimum absolute atomic E-state index is 0.143. The Balaban J connectivity index is 2.77. The van der Waals surface area contributed by atoms with E-state index in [2.05, 4.69) is 44.7 Å². The summed E-state index contributed by atoms with van der Waals surface area (Å²) in [5.74, 6) is 0.467. The van der Waals surface area contributed by atoms with Crippen LogP contribution >= 0.6 is 15.9 Å². The monoisotopic (exact) mass is 351 g/mol. The number of aromatic amines is 1. The van der Waals surface area contributed by atoms with E-state index in [-0.39, 0.29) is 9.72 Å². The van der Waals surface area contributed by atoms with Gasteiger partial charge in [-0.05, 0) is 19.8 Å². The minimum Gasteiger partial charge on any atom is -0.281 e. The molecule has 0 aliphatic heterocycles. The smallest absolute Gasteiger partial charge is 0.244 e. The van der Waals surface area contributed by atoms with Crippen LogP contribution in [0.5, 0.6) is 0 Å². The van der Waals surface area contributed by atoms with Crippen molar-refractivity contribution in [3.8, 4) is 0 Å². The van der Waals surface area contributed by atoms with E-state index in [1.165, 1.54) is 0 Å². The lowest BCUT2D eigenvalue weighted by Crippen LogP contribution is -2.33. The van der Waals surface area contributed by atoms with Crippen LogP contribution < -0.4 is 4.72 Å². The highest BCUT2D eigenvalue weighted by atomic mass is 79.9. The SMILES string of the molecule is CCC(CC)C(Br)CNS(=O)(=O)c1c(C)n[nH]c1C. The number of nitrogens with zero attached hydrogens (tertiary/aromatic N) is 1. The fourth-order valence-corrected chi connectivity index (χ4v) is 4.72. The van der Waals surface area contributed by atoms with Gasteiger partial charge in [-0.2, -0.15) is 5.10 Å². The van der Waals surface area contributed by atoms with Crippen molar-refractivity contribution in [1.29, 1.82) is 0 Å². The first-order chi connectivity index (χ1) is 8.83. The number of halogens is 1. The quantitative estimate of drug-likeness (QED) is 0.741. The van der Waals surface area contributed by atoms with E-state index < -0.39 is 10.0 Å². The van der Waals surface area contributed by atoms with Crippen LogP contribution in [0.3, 0.4) is 0 Å². The number of hydrogen-bond acceptors (Lipinski definition) is 3. The van der Waals surface area contributed by atoms with Gasteiger partial charge in [0, 0.05) is 11.4 Å². The molecule has 0 saturated carbocycles. The Hall–Kier alpha value is -0.400. The van der Waals surface area contributed by atoms with Gasteiger partial charge in [0.05, 0.1) is 11.4 Å². The molecule has 5 nitrogen and oxygen atoms in total. The topological polar surface area (TPSA) is 74.8 Å². The molecule has 1 aromatic rings. The summed E-state index contributed by atoms with van der Waals surface area (Å²) < 4.78 is 27.2. The summed E-state index contributed by atoms with van der Waals surface area (Å²) in [6, 6.07) is 0. The molecule has 7 heteroatoms. The average Bonchev–Trinajstić information content (AvgIpc) is 2.69. The van der Waals surface area contributed by atoms with Gasteiger partial charge in [-0.25, -0.2) is 13.1 Å². The highest BCUT2D eigenvalue weighted by molar-refractivity contribution is 9.09. The van der Waals surface area contributed by atoms with Crippen molar-refractivity contribution in [2.24, 2.45) is 5.92 Å². The van der Waals surface area contributed by atoms with Gasteiger partial charge in [0.25, 0.3) is 0 Å². The molecule has 0 radical (unpaired) electrons.